The number of hydrogen-bond acceptors (Lipinski definition) is 4. The summed E-state index contributed by atoms with van der Waals surface area (Å²) in [5.74, 6) is 0.831. The van der Waals surface area contributed by atoms with Crippen molar-refractivity contribution in [3.05, 3.63) is 0 Å². The summed E-state index contributed by atoms with van der Waals surface area (Å²) in [5, 5.41) is 9.02. The standard InChI is InChI=1S/C10H22O3S2/c1-9(5-6-11)14-7-8-15(12,13)10(2,3)4/h9,11H,5-8H2,1-4H3. The minimum Gasteiger partial charge on any atom is -0.396 e. The Bertz CT molecular complexity index is 265. The number of rotatable bonds is 6. The predicted molar refractivity (Wildman–Crippen MR) is 67.2 cm³/mol. The van der Waals surface area contributed by atoms with Gasteiger partial charge < -0.3 is 5.11 Å². The molecule has 1 atom stereocenters. The highest BCUT2D eigenvalue weighted by Crippen LogP contribution is 2.19. The van der Waals surface area contributed by atoms with Crippen molar-refractivity contribution in [3.8, 4) is 0 Å². The molecule has 0 aliphatic heterocycles. The molecule has 0 saturated carbocycles. The summed E-state index contributed by atoms with van der Waals surface area (Å²) in [7, 11) is -2.99. The van der Waals surface area contributed by atoms with Gasteiger partial charge in [-0.3, -0.25) is 0 Å². The zero-order chi connectivity index (χ0) is 12.1. The number of sulfone groups is 1. The van der Waals surface area contributed by atoms with Gasteiger partial charge in [0, 0.05) is 17.6 Å². The zero-order valence-electron chi connectivity index (χ0n) is 9.99. The van der Waals surface area contributed by atoms with Gasteiger partial charge in [0.2, 0.25) is 0 Å². The van der Waals surface area contributed by atoms with E-state index in [2.05, 4.69) is 0 Å². The highest BCUT2D eigenvalue weighted by molar-refractivity contribution is 8.01. The molecule has 0 fully saturated rings. The zero-order valence-corrected chi connectivity index (χ0v) is 11.6. The van der Waals surface area contributed by atoms with Gasteiger partial charge in [-0.05, 0) is 27.2 Å². The van der Waals surface area contributed by atoms with Gasteiger partial charge in [0.05, 0.1) is 10.5 Å². The van der Waals surface area contributed by atoms with Crippen LogP contribution in [0.3, 0.4) is 0 Å². The molecule has 0 aromatic rings. The summed E-state index contributed by atoms with van der Waals surface area (Å²) in [4.78, 5) is 0. The first kappa shape index (κ1) is 15.3. The molecule has 1 N–H and O–H groups in total. The normalized spacial score (nSPS) is 15.3. The average Bonchev–Trinajstić information content (AvgIpc) is 2.01. The van der Waals surface area contributed by atoms with Crippen molar-refractivity contribution >= 4 is 21.6 Å². The van der Waals surface area contributed by atoms with Crippen LogP contribution >= 0.6 is 11.8 Å². The van der Waals surface area contributed by atoms with Crippen molar-refractivity contribution in [1.82, 2.24) is 0 Å². The average molecular weight is 254 g/mol. The predicted octanol–water partition coefficient (Wildman–Crippen LogP) is 1.70. The molecule has 15 heavy (non-hydrogen) atoms. The van der Waals surface area contributed by atoms with E-state index in [4.69, 9.17) is 5.11 Å². The van der Waals surface area contributed by atoms with Gasteiger partial charge in [-0.25, -0.2) is 8.42 Å². The van der Waals surface area contributed by atoms with Crippen LogP contribution in [0.15, 0.2) is 0 Å². The van der Waals surface area contributed by atoms with Crippen molar-refractivity contribution in [2.24, 2.45) is 0 Å². The Labute approximate surface area is 97.6 Å². The topological polar surface area (TPSA) is 54.4 Å². The van der Waals surface area contributed by atoms with Gasteiger partial charge >= 0.3 is 0 Å². The van der Waals surface area contributed by atoms with Crippen LogP contribution in [-0.4, -0.2) is 41.6 Å². The largest absolute Gasteiger partial charge is 0.396 e. The Hall–Kier alpha value is 0.260. The fraction of sp³-hybridized carbons (Fsp3) is 1.00. The van der Waals surface area contributed by atoms with E-state index in [-0.39, 0.29) is 12.4 Å². The Morgan fingerprint density at radius 2 is 1.87 bits per heavy atom. The quantitative estimate of drug-likeness (QED) is 0.784. The SMILES string of the molecule is CC(CCO)SCCS(=O)(=O)C(C)(C)C. The molecule has 1 unspecified atom stereocenters. The van der Waals surface area contributed by atoms with Gasteiger partial charge in [0.25, 0.3) is 0 Å². The van der Waals surface area contributed by atoms with Crippen molar-refractivity contribution in [2.45, 2.75) is 44.1 Å². The van der Waals surface area contributed by atoms with Crippen molar-refractivity contribution in [2.75, 3.05) is 18.1 Å². The Balaban J connectivity index is 3.97. The van der Waals surface area contributed by atoms with Crippen LogP contribution in [0.5, 0.6) is 0 Å². The molecule has 92 valence electrons. The second-order valence-electron chi connectivity index (χ2n) is 4.62. The van der Waals surface area contributed by atoms with Crippen LogP contribution in [0.25, 0.3) is 0 Å². The number of aliphatic hydroxyl groups excluding tert-OH is 1. The van der Waals surface area contributed by atoms with Crippen LogP contribution in [0.4, 0.5) is 0 Å². The number of aliphatic hydroxyl groups is 1. The van der Waals surface area contributed by atoms with Crippen molar-refractivity contribution in [1.29, 1.82) is 0 Å². The molecule has 0 aromatic heterocycles. The van der Waals surface area contributed by atoms with Gasteiger partial charge in [-0.1, -0.05) is 6.92 Å². The summed E-state index contributed by atoms with van der Waals surface area (Å²) in [6.45, 7) is 7.35. The van der Waals surface area contributed by atoms with E-state index in [1.54, 1.807) is 32.5 Å². The third-order valence-electron chi connectivity index (χ3n) is 2.22. The molecule has 0 heterocycles. The van der Waals surface area contributed by atoms with Crippen LogP contribution in [0.2, 0.25) is 0 Å². The molecule has 0 bridgehead atoms. The summed E-state index contributed by atoms with van der Waals surface area (Å²) >= 11 is 1.60. The van der Waals surface area contributed by atoms with E-state index in [0.29, 0.717) is 11.0 Å². The molecule has 0 saturated heterocycles. The second kappa shape index (κ2) is 6.11. The highest BCUT2D eigenvalue weighted by atomic mass is 32.2. The highest BCUT2D eigenvalue weighted by Gasteiger charge is 2.28. The van der Waals surface area contributed by atoms with E-state index in [1.807, 2.05) is 6.92 Å². The summed E-state index contributed by atoms with van der Waals surface area (Å²) < 4.78 is 22.8. The lowest BCUT2D eigenvalue weighted by Crippen LogP contribution is -2.31. The monoisotopic (exact) mass is 254 g/mol. The lowest BCUT2D eigenvalue weighted by Gasteiger charge is -2.19. The first-order valence-corrected chi connectivity index (χ1v) is 7.85. The lowest BCUT2D eigenvalue weighted by molar-refractivity contribution is 0.289. The van der Waals surface area contributed by atoms with E-state index < -0.39 is 14.6 Å². The summed E-state index contributed by atoms with van der Waals surface area (Å²) in [6.07, 6.45) is 0.722. The third-order valence-corrected chi connectivity index (χ3v) is 6.33. The van der Waals surface area contributed by atoms with Gasteiger partial charge in [-0.15, -0.1) is 0 Å². The second-order valence-corrected chi connectivity index (χ2v) is 9.03. The Morgan fingerprint density at radius 3 is 2.27 bits per heavy atom. The van der Waals surface area contributed by atoms with Crippen molar-refractivity contribution < 1.29 is 13.5 Å². The maximum atomic E-state index is 11.7. The Kier molecular flexibility index (Phi) is 6.21. The smallest absolute Gasteiger partial charge is 0.155 e. The molecular weight excluding hydrogens is 232 g/mol. The molecule has 0 rings (SSSR count). The van der Waals surface area contributed by atoms with E-state index in [0.717, 1.165) is 6.42 Å². The van der Waals surface area contributed by atoms with Gasteiger partial charge in [-0.2, -0.15) is 11.8 Å². The van der Waals surface area contributed by atoms with Gasteiger partial charge in [0.15, 0.2) is 9.84 Å². The summed E-state index contributed by atoms with van der Waals surface area (Å²) in [5.41, 5.74) is 0. The minimum atomic E-state index is -2.99. The molecule has 3 nitrogen and oxygen atoms in total. The molecule has 5 heteroatoms. The molecule has 0 aliphatic carbocycles. The van der Waals surface area contributed by atoms with Crippen LogP contribution in [0.1, 0.15) is 34.1 Å². The molecule has 0 amide bonds. The van der Waals surface area contributed by atoms with Crippen LogP contribution in [0, 0.1) is 0 Å². The molecular formula is C10H22O3S2. The number of thioether (sulfide) groups is 1. The van der Waals surface area contributed by atoms with E-state index in [9.17, 15) is 8.42 Å². The first-order valence-electron chi connectivity index (χ1n) is 5.15. The van der Waals surface area contributed by atoms with Crippen LogP contribution < -0.4 is 0 Å². The molecule has 0 aromatic carbocycles. The fourth-order valence-corrected chi connectivity index (χ4v) is 3.48. The van der Waals surface area contributed by atoms with E-state index in [1.165, 1.54) is 0 Å². The minimum absolute atomic E-state index is 0.167. The van der Waals surface area contributed by atoms with Crippen molar-refractivity contribution in [3.63, 3.8) is 0 Å². The lowest BCUT2D eigenvalue weighted by atomic mass is 10.3. The van der Waals surface area contributed by atoms with Gasteiger partial charge in [0.1, 0.15) is 0 Å². The maximum Gasteiger partial charge on any atom is 0.155 e. The maximum absolute atomic E-state index is 11.7. The molecule has 0 aliphatic rings. The summed E-state index contributed by atoms with van der Waals surface area (Å²) in [6, 6.07) is 0. The molecule has 0 spiro atoms. The van der Waals surface area contributed by atoms with Crippen LogP contribution in [-0.2, 0) is 9.84 Å². The Morgan fingerprint density at radius 1 is 1.33 bits per heavy atom. The fourth-order valence-electron chi connectivity index (χ4n) is 0.930. The van der Waals surface area contributed by atoms with E-state index >= 15 is 0 Å². The first-order chi connectivity index (χ1) is 6.70. The molecule has 0 radical (unpaired) electrons. The number of hydrogen-bond donors (Lipinski definition) is 1. The third kappa shape index (κ3) is 5.78.